The summed E-state index contributed by atoms with van der Waals surface area (Å²) in [6.45, 7) is 11.1. The van der Waals surface area contributed by atoms with Gasteiger partial charge in [0.25, 0.3) is 0 Å². The number of hydrogen-bond acceptors (Lipinski definition) is 3. The van der Waals surface area contributed by atoms with Crippen LogP contribution in [0.3, 0.4) is 0 Å². The van der Waals surface area contributed by atoms with Gasteiger partial charge < -0.3 is 15.0 Å². The van der Waals surface area contributed by atoms with Crippen LogP contribution < -0.4 is 15.0 Å². The first kappa shape index (κ1) is 16.4. The van der Waals surface area contributed by atoms with Gasteiger partial charge in [-0.15, -0.1) is 0 Å². The van der Waals surface area contributed by atoms with Gasteiger partial charge in [-0.25, -0.2) is 0 Å². The standard InChI is InChI=1S/C17H27ClN2O/c1-11(2)15-10-20(16(9-19-15)12(3)4)13-6-7-17(21-5)14(18)8-13/h6-8,11-12,15-16,19H,9-10H2,1-5H3. The van der Waals surface area contributed by atoms with Crippen LogP contribution in [0.4, 0.5) is 5.69 Å². The van der Waals surface area contributed by atoms with Crippen molar-refractivity contribution in [2.75, 3.05) is 25.1 Å². The normalized spacial score (nSPS) is 23.0. The molecule has 0 bridgehead atoms. The van der Waals surface area contributed by atoms with Crippen molar-refractivity contribution in [1.82, 2.24) is 5.32 Å². The van der Waals surface area contributed by atoms with E-state index in [0.29, 0.717) is 28.9 Å². The topological polar surface area (TPSA) is 24.5 Å². The molecule has 1 saturated heterocycles. The summed E-state index contributed by atoms with van der Waals surface area (Å²) >= 11 is 6.31. The Kier molecular flexibility index (Phi) is 5.39. The highest BCUT2D eigenvalue weighted by atomic mass is 35.5. The zero-order chi connectivity index (χ0) is 15.6. The van der Waals surface area contributed by atoms with Crippen molar-refractivity contribution in [1.29, 1.82) is 0 Å². The van der Waals surface area contributed by atoms with Crippen LogP contribution in [0.1, 0.15) is 27.7 Å². The number of rotatable bonds is 4. The van der Waals surface area contributed by atoms with Crippen LogP contribution in [0.5, 0.6) is 5.75 Å². The molecular weight excluding hydrogens is 284 g/mol. The molecule has 2 atom stereocenters. The smallest absolute Gasteiger partial charge is 0.137 e. The molecule has 118 valence electrons. The lowest BCUT2D eigenvalue weighted by molar-refractivity contribution is 0.295. The summed E-state index contributed by atoms with van der Waals surface area (Å²) in [6.07, 6.45) is 0. The fourth-order valence-corrected chi connectivity index (χ4v) is 3.22. The monoisotopic (exact) mass is 310 g/mol. The molecule has 1 fully saturated rings. The van der Waals surface area contributed by atoms with E-state index in [1.54, 1.807) is 7.11 Å². The molecule has 4 heteroatoms. The molecule has 0 spiro atoms. The van der Waals surface area contributed by atoms with Crippen molar-refractivity contribution >= 4 is 17.3 Å². The zero-order valence-corrected chi connectivity index (χ0v) is 14.4. The predicted molar refractivity (Wildman–Crippen MR) is 90.6 cm³/mol. The number of piperazine rings is 1. The highest BCUT2D eigenvalue weighted by Crippen LogP contribution is 2.32. The van der Waals surface area contributed by atoms with Gasteiger partial charge in [-0.05, 0) is 30.0 Å². The minimum atomic E-state index is 0.490. The summed E-state index contributed by atoms with van der Waals surface area (Å²) in [5.41, 5.74) is 1.19. The molecule has 1 aliphatic heterocycles. The first-order chi connectivity index (χ1) is 9.93. The highest BCUT2D eigenvalue weighted by Gasteiger charge is 2.31. The fraction of sp³-hybridized carbons (Fsp3) is 0.647. The van der Waals surface area contributed by atoms with E-state index in [1.165, 1.54) is 5.69 Å². The van der Waals surface area contributed by atoms with Crippen LogP contribution >= 0.6 is 11.6 Å². The fourth-order valence-electron chi connectivity index (χ4n) is 2.97. The van der Waals surface area contributed by atoms with Crippen LogP contribution in [0, 0.1) is 11.8 Å². The van der Waals surface area contributed by atoms with Crippen LogP contribution in [0.15, 0.2) is 18.2 Å². The molecule has 0 aliphatic carbocycles. The van der Waals surface area contributed by atoms with Gasteiger partial charge in [0.05, 0.1) is 12.1 Å². The van der Waals surface area contributed by atoms with E-state index in [2.05, 4.69) is 44.0 Å². The van der Waals surface area contributed by atoms with Gasteiger partial charge in [0.15, 0.2) is 0 Å². The van der Waals surface area contributed by atoms with E-state index in [0.717, 1.165) is 18.8 Å². The van der Waals surface area contributed by atoms with E-state index >= 15 is 0 Å². The minimum absolute atomic E-state index is 0.490. The summed E-state index contributed by atoms with van der Waals surface area (Å²) in [6, 6.07) is 7.10. The number of nitrogens with zero attached hydrogens (tertiary/aromatic N) is 1. The Morgan fingerprint density at radius 1 is 1.24 bits per heavy atom. The van der Waals surface area contributed by atoms with Crippen molar-refractivity contribution in [2.24, 2.45) is 11.8 Å². The van der Waals surface area contributed by atoms with Crippen molar-refractivity contribution in [3.8, 4) is 5.75 Å². The molecule has 21 heavy (non-hydrogen) atoms. The highest BCUT2D eigenvalue weighted by molar-refractivity contribution is 6.32. The first-order valence-corrected chi connectivity index (χ1v) is 8.15. The lowest BCUT2D eigenvalue weighted by Crippen LogP contribution is -2.60. The number of benzene rings is 1. The number of methoxy groups -OCH3 is 1. The Hall–Kier alpha value is -0.930. The predicted octanol–water partition coefficient (Wildman–Crippen LogP) is 3.81. The third-order valence-corrected chi connectivity index (χ3v) is 4.72. The average Bonchev–Trinajstić information content (AvgIpc) is 2.46. The first-order valence-electron chi connectivity index (χ1n) is 7.77. The zero-order valence-electron chi connectivity index (χ0n) is 13.7. The molecule has 1 N–H and O–H groups in total. The molecule has 0 amide bonds. The lowest BCUT2D eigenvalue weighted by atomic mass is 9.93. The second-order valence-corrected chi connectivity index (χ2v) is 6.95. The number of ether oxygens (including phenoxy) is 1. The van der Waals surface area contributed by atoms with Crippen molar-refractivity contribution in [2.45, 2.75) is 39.8 Å². The third kappa shape index (κ3) is 3.64. The summed E-state index contributed by atoms with van der Waals surface area (Å²) in [5, 5.41) is 4.37. The largest absolute Gasteiger partial charge is 0.495 e. The van der Waals surface area contributed by atoms with Gasteiger partial charge in [0, 0.05) is 30.9 Å². The van der Waals surface area contributed by atoms with E-state index in [1.807, 2.05) is 12.1 Å². The Bertz CT molecular complexity index is 476. The second-order valence-electron chi connectivity index (χ2n) is 6.54. The quantitative estimate of drug-likeness (QED) is 0.915. The van der Waals surface area contributed by atoms with Crippen molar-refractivity contribution in [3.05, 3.63) is 23.2 Å². The molecule has 0 saturated carbocycles. The van der Waals surface area contributed by atoms with Gasteiger partial charge in [-0.1, -0.05) is 39.3 Å². The summed E-state index contributed by atoms with van der Waals surface area (Å²) < 4.78 is 5.26. The number of anilines is 1. The van der Waals surface area contributed by atoms with Gasteiger partial charge in [-0.2, -0.15) is 0 Å². The van der Waals surface area contributed by atoms with Crippen LogP contribution in [0.25, 0.3) is 0 Å². The van der Waals surface area contributed by atoms with Gasteiger partial charge in [0.1, 0.15) is 5.75 Å². The SMILES string of the molecule is COc1ccc(N2CC(C(C)C)NCC2C(C)C)cc1Cl. The molecule has 3 nitrogen and oxygen atoms in total. The second kappa shape index (κ2) is 6.89. The molecule has 2 rings (SSSR count). The molecule has 1 aliphatic rings. The summed E-state index contributed by atoms with van der Waals surface area (Å²) in [5.74, 6) is 1.94. The van der Waals surface area contributed by atoms with Crippen LogP contribution in [-0.2, 0) is 0 Å². The van der Waals surface area contributed by atoms with Crippen molar-refractivity contribution < 1.29 is 4.74 Å². The number of nitrogens with one attached hydrogen (secondary N) is 1. The van der Waals surface area contributed by atoms with Gasteiger partial charge in [-0.3, -0.25) is 0 Å². The Morgan fingerprint density at radius 3 is 2.48 bits per heavy atom. The molecule has 1 aromatic carbocycles. The van der Waals surface area contributed by atoms with Crippen LogP contribution in [-0.4, -0.2) is 32.3 Å². The Labute approximate surface area is 133 Å². The number of hydrogen-bond donors (Lipinski definition) is 1. The maximum atomic E-state index is 6.31. The van der Waals surface area contributed by atoms with Crippen LogP contribution in [0.2, 0.25) is 5.02 Å². The molecule has 0 radical (unpaired) electrons. The Morgan fingerprint density at radius 2 is 1.95 bits per heavy atom. The molecular formula is C17H27ClN2O. The van der Waals surface area contributed by atoms with Crippen molar-refractivity contribution in [3.63, 3.8) is 0 Å². The molecule has 0 aromatic heterocycles. The third-order valence-electron chi connectivity index (χ3n) is 4.42. The maximum Gasteiger partial charge on any atom is 0.137 e. The van der Waals surface area contributed by atoms with Gasteiger partial charge in [0.2, 0.25) is 0 Å². The van der Waals surface area contributed by atoms with E-state index in [4.69, 9.17) is 16.3 Å². The lowest BCUT2D eigenvalue weighted by Gasteiger charge is -2.45. The molecule has 1 aromatic rings. The van der Waals surface area contributed by atoms with E-state index < -0.39 is 0 Å². The number of halogens is 1. The summed E-state index contributed by atoms with van der Waals surface area (Å²) in [4.78, 5) is 2.50. The average molecular weight is 311 g/mol. The molecule has 2 unspecified atom stereocenters. The molecule has 1 heterocycles. The Balaban J connectivity index is 2.28. The van der Waals surface area contributed by atoms with Gasteiger partial charge >= 0.3 is 0 Å². The maximum absolute atomic E-state index is 6.31. The van der Waals surface area contributed by atoms with E-state index in [9.17, 15) is 0 Å². The summed E-state index contributed by atoms with van der Waals surface area (Å²) in [7, 11) is 1.65. The minimum Gasteiger partial charge on any atom is -0.495 e. The van der Waals surface area contributed by atoms with E-state index in [-0.39, 0.29) is 0 Å².